The largest absolute Gasteiger partial charge is 0.416 e. The summed E-state index contributed by atoms with van der Waals surface area (Å²) in [6.45, 7) is 1.26. The van der Waals surface area contributed by atoms with Gasteiger partial charge in [-0.15, -0.1) is 11.6 Å². The van der Waals surface area contributed by atoms with E-state index in [4.69, 9.17) is 16.3 Å². The van der Waals surface area contributed by atoms with Crippen LogP contribution in [0.4, 0.5) is 19.0 Å². The molecule has 0 aliphatic carbocycles. The van der Waals surface area contributed by atoms with Crippen molar-refractivity contribution in [3.8, 4) is 0 Å². The van der Waals surface area contributed by atoms with E-state index in [0.29, 0.717) is 25.6 Å². The van der Waals surface area contributed by atoms with Crippen molar-refractivity contribution in [3.63, 3.8) is 0 Å². The van der Waals surface area contributed by atoms with Gasteiger partial charge in [0.05, 0.1) is 12.2 Å². The summed E-state index contributed by atoms with van der Waals surface area (Å²) in [5.74, 6) is 0.560. The van der Waals surface area contributed by atoms with Crippen molar-refractivity contribution in [2.45, 2.75) is 6.18 Å². The zero-order valence-electron chi connectivity index (χ0n) is 9.88. The van der Waals surface area contributed by atoms with Gasteiger partial charge < -0.3 is 9.64 Å². The first-order valence-corrected chi connectivity index (χ1v) is 5.85. The molecule has 0 saturated carbocycles. The Hall–Kier alpha value is -1.01. The first kappa shape index (κ1) is 15.0. The van der Waals surface area contributed by atoms with Crippen LogP contribution in [-0.2, 0) is 10.9 Å². The Labute approximate surface area is 109 Å². The summed E-state index contributed by atoms with van der Waals surface area (Å²) >= 11 is 5.62. The smallest absolute Gasteiger partial charge is 0.383 e. The molecule has 1 aromatic heterocycles. The molecule has 0 aliphatic heterocycles. The molecule has 0 bridgehead atoms. The van der Waals surface area contributed by atoms with Gasteiger partial charge in [0.15, 0.2) is 0 Å². The van der Waals surface area contributed by atoms with Crippen molar-refractivity contribution in [3.05, 3.63) is 23.9 Å². The standard InChI is InChI=1S/C11H14ClF3N2O/c1-18-7-6-17(5-3-12)10-8-9(2-4-16-10)11(13,14)15/h2,4,8H,3,5-7H2,1H3. The third kappa shape index (κ3) is 4.34. The van der Waals surface area contributed by atoms with Crippen LogP contribution in [0.2, 0.25) is 0 Å². The number of ether oxygens (including phenoxy) is 1. The molecule has 1 heterocycles. The SMILES string of the molecule is COCCN(CCCl)c1cc(C(F)(F)F)ccn1. The lowest BCUT2D eigenvalue weighted by Crippen LogP contribution is -2.30. The zero-order valence-corrected chi connectivity index (χ0v) is 10.6. The third-order valence-electron chi connectivity index (χ3n) is 2.32. The quantitative estimate of drug-likeness (QED) is 0.750. The van der Waals surface area contributed by atoms with Crippen LogP contribution in [0.5, 0.6) is 0 Å². The number of rotatable bonds is 6. The predicted molar refractivity (Wildman–Crippen MR) is 64.0 cm³/mol. The molecule has 0 fully saturated rings. The van der Waals surface area contributed by atoms with Gasteiger partial charge in [-0.25, -0.2) is 4.98 Å². The number of nitrogens with zero attached hydrogens (tertiary/aromatic N) is 2. The maximum atomic E-state index is 12.6. The van der Waals surface area contributed by atoms with Crippen LogP contribution in [0.25, 0.3) is 0 Å². The van der Waals surface area contributed by atoms with E-state index < -0.39 is 11.7 Å². The molecule has 1 rings (SSSR count). The summed E-state index contributed by atoms with van der Waals surface area (Å²) in [6, 6.07) is 1.96. The molecule has 0 aromatic carbocycles. The number of halogens is 4. The highest BCUT2D eigenvalue weighted by molar-refractivity contribution is 6.18. The Kier molecular flexibility index (Phi) is 5.68. The normalized spacial score (nSPS) is 11.6. The molecule has 0 N–H and O–H groups in total. The number of hydrogen-bond donors (Lipinski definition) is 0. The van der Waals surface area contributed by atoms with Gasteiger partial charge in [0.2, 0.25) is 0 Å². The molecule has 7 heteroatoms. The van der Waals surface area contributed by atoms with Gasteiger partial charge >= 0.3 is 6.18 Å². The Morgan fingerprint density at radius 2 is 2.11 bits per heavy atom. The number of anilines is 1. The van der Waals surface area contributed by atoms with Gasteiger partial charge in [0, 0.05) is 32.3 Å². The van der Waals surface area contributed by atoms with Crippen LogP contribution in [0, 0.1) is 0 Å². The highest BCUT2D eigenvalue weighted by atomic mass is 35.5. The van der Waals surface area contributed by atoms with E-state index in [1.807, 2.05) is 0 Å². The van der Waals surface area contributed by atoms with E-state index in [9.17, 15) is 13.2 Å². The number of alkyl halides is 4. The van der Waals surface area contributed by atoms with Crippen LogP contribution in [0.1, 0.15) is 5.56 Å². The fourth-order valence-electron chi connectivity index (χ4n) is 1.41. The number of hydrogen-bond acceptors (Lipinski definition) is 3. The Bertz CT molecular complexity index is 374. The molecule has 0 atom stereocenters. The lowest BCUT2D eigenvalue weighted by Gasteiger charge is -2.23. The Balaban J connectivity index is 2.90. The average Bonchev–Trinajstić information content (AvgIpc) is 2.33. The minimum atomic E-state index is -4.37. The van der Waals surface area contributed by atoms with Crippen LogP contribution in [0.3, 0.4) is 0 Å². The van der Waals surface area contributed by atoms with Gasteiger partial charge in [-0.2, -0.15) is 13.2 Å². The van der Waals surface area contributed by atoms with E-state index in [0.717, 1.165) is 18.3 Å². The van der Waals surface area contributed by atoms with Gasteiger partial charge in [-0.3, -0.25) is 0 Å². The Morgan fingerprint density at radius 1 is 1.39 bits per heavy atom. The third-order valence-corrected chi connectivity index (χ3v) is 2.49. The molecule has 0 aliphatic rings. The topological polar surface area (TPSA) is 25.4 Å². The summed E-state index contributed by atoms with van der Waals surface area (Å²) in [7, 11) is 1.53. The van der Waals surface area contributed by atoms with E-state index in [1.54, 1.807) is 4.90 Å². The number of methoxy groups -OCH3 is 1. The minimum Gasteiger partial charge on any atom is -0.383 e. The van der Waals surface area contributed by atoms with Crippen molar-refractivity contribution in [1.29, 1.82) is 0 Å². The van der Waals surface area contributed by atoms with Gasteiger partial charge in [0.1, 0.15) is 5.82 Å². The van der Waals surface area contributed by atoms with Gasteiger partial charge in [-0.1, -0.05) is 0 Å². The van der Waals surface area contributed by atoms with Crippen molar-refractivity contribution in [2.24, 2.45) is 0 Å². The lowest BCUT2D eigenvalue weighted by atomic mass is 10.2. The zero-order chi connectivity index (χ0) is 13.6. The molecule has 0 saturated heterocycles. The second-order valence-corrected chi connectivity index (χ2v) is 3.95. The van der Waals surface area contributed by atoms with Crippen molar-refractivity contribution in [1.82, 2.24) is 4.98 Å². The molecule has 3 nitrogen and oxygen atoms in total. The first-order chi connectivity index (χ1) is 8.49. The Morgan fingerprint density at radius 3 is 2.67 bits per heavy atom. The highest BCUT2D eigenvalue weighted by Crippen LogP contribution is 2.30. The van der Waals surface area contributed by atoms with E-state index in [-0.39, 0.29) is 5.82 Å². The lowest BCUT2D eigenvalue weighted by molar-refractivity contribution is -0.137. The van der Waals surface area contributed by atoms with E-state index in [2.05, 4.69) is 4.98 Å². The molecule has 1 aromatic rings. The number of pyridine rings is 1. The molecular weight excluding hydrogens is 269 g/mol. The maximum absolute atomic E-state index is 12.6. The minimum absolute atomic E-state index is 0.252. The van der Waals surface area contributed by atoms with E-state index in [1.165, 1.54) is 7.11 Å². The molecule has 0 spiro atoms. The molecule has 0 radical (unpaired) electrons. The second kappa shape index (κ2) is 6.80. The number of aromatic nitrogens is 1. The summed E-state index contributed by atoms with van der Waals surface area (Å²) in [6.07, 6.45) is -3.22. The fourth-order valence-corrected chi connectivity index (χ4v) is 1.62. The summed E-state index contributed by atoms with van der Waals surface area (Å²) < 4.78 is 42.6. The molecule has 0 amide bonds. The van der Waals surface area contributed by atoms with Crippen molar-refractivity contribution in [2.75, 3.05) is 37.6 Å². The summed E-state index contributed by atoms with van der Waals surface area (Å²) in [5, 5.41) is 0. The van der Waals surface area contributed by atoms with Crippen molar-refractivity contribution < 1.29 is 17.9 Å². The van der Waals surface area contributed by atoms with Crippen LogP contribution in [0.15, 0.2) is 18.3 Å². The molecule has 0 unspecified atom stereocenters. The molecule has 102 valence electrons. The van der Waals surface area contributed by atoms with Crippen LogP contribution >= 0.6 is 11.6 Å². The predicted octanol–water partition coefficient (Wildman–Crippen LogP) is 2.79. The van der Waals surface area contributed by atoms with Crippen LogP contribution < -0.4 is 4.90 Å². The van der Waals surface area contributed by atoms with E-state index >= 15 is 0 Å². The highest BCUT2D eigenvalue weighted by Gasteiger charge is 2.31. The summed E-state index contributed by atoms with van der Waals surface area (Å²) in [5.41, 5.74) is -0.718. The second-order valence-electron chi connectivity index (χ2n) is 3.57. The summed E-state index contributed by atoms with van der Waals surface area (Å²) in [4.78, 5) is 5.59. The van der Waals surface area contributed by atoms with Crippen LogP contribution in [-0.4, -0.2) is 37.7 Å². The maximum Gasteiger partial charge on any atom is 0.416 e. The average molecular weight is 283 g/mol. The molecular formula is C11H14ClF3N2O. The monoisotopic (exact) mass is 282 g/mol. The van der Waals surface area contributed by atoms with Crippen molar-refractivity contribution >= 4 is 17.4 Å². The molecule has 18 heavy (non-hydrogen) atoms. The van der Waals surface area contributed by atoms with Gasteiger partial charge in [-0.05, 0) is 12.1 Å². The van der Waals surface area contributed by atoms with Gasteiger partial charge in [0.25, 0.3) is 0 Å². The fraction of sp³-hybridized carbons (Fsp3) is 0.545. The first-order valence-electron chi connectivity index (χ1n) is 5.32.